The average Bonchev–Trinajstić information content (AvgIpc) is 2.40. The van der Waals surface area contributed by atoms with E-state index >= 15 is 0 Å². The van der Waals surface area contributed by atoms with Crippen molar-refractivity contribution in [3.05, 3.63) is 10.7 Å². The van der Waals surface area contributed by atoms with Crippen LogP contribution in [0.2, 0.25) is 0 Å². The first-order chi connectivity index (χ1) is 5.99. The lowest BCUT2D eigenvalue weighted by atomic mass is 10.0. The maximum atomic E-state index is 11.8. The second-order valence-electron chi connectivity index (χ2n) is 3.10. The van der Waals surface area contributed by atoms with Gasteiger partial charge in [0, 0.05) is 17.8 Å². The van der Waals surface area contributed by atoms with Crippen molar-refractivity contribution < 1.29 is 13.6 Å². The van der Waals surface area contributed by atoms with E-state index in [0.29, 0.717) is 0 Å². The molecule has 2 unspecified atom stereocenters. The predicted molar refractivity (Wildman–Crippen MR) is 56.0 cm³/mol. The molecule has 0 saturated carbocycles. The van der Waals surface area contributed by atoms with E-state index < -0.39 is 13.2 Å². The molecular formula is C8H15O3PS. The van der Waals surface area contributed by atoms with E-state index in [9.17, 15) is 4.57 Å². The van der Waals surface area contributed by atoms with Crippen LogP contribution in [0.25, 0.3) is 0 Å². The van der Waals surface area contributed by atoms with Gasteiger partial charge in [0.25, 0.3) is 0 Å². The van der Waals surface area contributed by atoms with Gasteiger partial charge in [-0.2, -0.15) is 0 Å². The fourth-order valence-electron chi connectivity index (χ4n) is 1.23. The molecule has 1 aliphatic rings. The second kappa shape index (κ2) is 3.77. The Morgan fingerprint density at radius 1 is 1.77 bits per heavy atom. The van der Waals surface area contributed by atoms with Crippen molar-refractivity contribution in [3.63, 3.8) is 0 Å². The van der Waals surface area contributed by atoms with Gasteiger partial charge in [0.15, 0.2) is 0 Å². The van der Waals surface area contributed by atoms with Crippen LogP contribution in [0.4, 0.5) is 0 Å². The van der Waals surface area contributed by atoms with Gasteiger partial charge < -0.3 is 4.52 Å². The molecule has 0 fully saturated rings. The molecule has 13 heavy (non-hydrogen) atoms. The number of hydrogen-bond acceptors (Lipinski definition) is 4. The van der Waals surface area contributed by atoms with Crippen LogP contribution in [0.5, 0.6) is 0 Å². The largest absolute Gasteiger partial charge is 0.355 e. The molecule has 0 saturated heterocycles. The summed E-state index contributed by atoms with van der Waals surface area (Å²) in [6, 6.07) is 0. The van der Waals surface area contributed by atoms with E-state index in [1.165, 1.54) is 7.11 Å². The van der Waals surface area contributed by atoms with Gasteiger partial charge in [-0.05, 0) is 19.6 Å². The lowest BCUT2D eigenvalue weighted by Crippen LogP contribution is -2.23. The third kappa shape index (κ3) is 2.01. The van der Waals surface area contributed by atoms with Gasteiger partial charge in [-0.3, -0.25) is 9.09 Å². The molecule has 0 aromatic heterocycles. The van der Waals surface area contributed by atoms with Gasteiger partial charge in [-0.15, -0.1) is 11.8 Å². The van der Waals surface area contributed by atoms with Crippen molar-refractivity contribution in [1.82, 2.24) is 0 Å². The van der Waals surface area contributed by atoms with Gasteiger partial charge in [0.2, 0.25) is 0 Å². The highest BCUT2D eigenvalue weighted by atomic mass is 32.2. The smallest absolute Gasteiger partial charge is 0.309 e. The van der Waals surface area contributed by atoms with Crippen molar-refractivity contribution in [2.45, 2.75) is 25.9 Å². The summed E-state index contributed by atoms with van der Waals surface area (Å²) >= 11 is 1.57. The molecule has 1 heterocycles. The Hall–Kier alpha value is 0.240. The molecule has 76 valence electrons. The Morgan fingerprint density at radius 2 is 2.38 bits per heavy atom. The summed E-state index contributed by atoms with van der Waals surface area (Å²) in [5.74, 6) is 1.63. The summed E-state index contributed by atoms with van der Waals surface area (Å²) in [6.07, 6.45) is 2.75. The minimum absolute atomic E-state index is 0.426. The Balaban J connectivity index is 2.99. The van der Waals surface area contributed by atoms with Gasteiger partial charge in [0.05, 0.1) is 0 Å². The van der Waals surface area contributed by atoms with Crippen LogP contribution in [0.1, 0.15) is 20.3 Å². The first-order valence-electron chi connectivity index (χ1n) is 4.13. The third-order valence-electron chi connectivity index (χ3n) is 2.27. The van der Waals surface area contributed by atoms with Crippen molar-refractivity contribution >= 4 is 19.4 Å². The fraction of sp³-hybridized carbons (Fsp3) is 0.750. The summed E-state index contributed by atoms with van der Waals surface area (Å²) in [7, 11) is -1.53. The topological polar surface area (TPSA) is 35.5 Å². The molecule has 3 nitrogen and oxygen atoms in total. The predicted octanol–water partition coefficient (Wildman–Crippen LogP) is 3.23. The van der Waals surface area contributed by atoms with Gasteiger partial charge in [-0.25, -0.2) is 0 Å². The molecule has 0 aromatic carbocycles. The average molecular weight is 222 g/mol. The SMILES string of the molecule is CCC1(C)OP(=O)(OC)C=C1SC. The highest BCUT2D eigenvalue weighted by Gasteiger charge is 2.43. The van der Waals surface area contributed by atoms with Crippen LogP contribution in [-0.2, 0) is 13.6 Å². The molecule has 2 atom stereocenters. The molecule has 0 amide bonds. The van der Waals surface area contributed by atoms with E-state index in [0.717, 1.165) is 11.3 Å². The molecule has 0 radical (unpaired) electrons. The van der Waals surface area contributed by atoms with Crippen LogP contribution in [0.3, 0.4) is 0 Å². The third-order valence-corrected chi connectivity index (χ3v) is 5.18. The highest BCUT2D eigenvalue weighted by Crippen LogP contribution is 2.62. The standard InChI is InChI=1S/C8H15O3PS/c1-5-8(2)7(13-4)6-12(9,10-3)11-8/h6H,5H2,1-4H3. The Morgan fingerprint density at radius 3 is 2.69 bits per heavy atom. The number of thioether (sulfide) groups is 1. The first kappa shape index (κ1) is 11.3. The second-order valence-corrected chi connectivity index (χ2v) is 5.83. The minimum Gasteiger partial charge on any atom is -0.309 e. The molecule has 1 rings (SSSR count). The summed E-state index contributed by atoms with van der Waals surface area (Å²) in [5.41, 5.74) is -0.426. The minimum atomic E-state index is -2.94. The maximum absolute atomic E-state index is 11.8. The van der Waals surface area contributed by atoms with Gasteiger partial charge in [0.1, 0.15) is 5.60 Å². The normalized spacial score (nSPS) is 39.2. The van der Waals surface area contributed by atoms with Gasteiger partial charge >= 0.3 is 7.60 Å². The van der Waals surface area contributed by atoms with E-state index in [1.54, 1.807) is 17.6 Å². The van der Waals surface area contributed by atoms with Crippen molar-refractivity contribution in [2.24, 2.45) is 0 Å². The lowest BCUT2D eigenvalue weighted by Gasteiger charge is -2.24. The molecule has 0 N–H and O–H groups in total. The number of hydrogen-bond donors (Lipinski definition) is 0. The van der Waals surface area contributed by atoms with Crippen molar-refractivity contribution in [2.75, 3.05) is 13.4 Å². The quantitative estimate of drug-likeness (QED) is 0.687. The molecular weight excluding hydrogens is 207 g/mol. The molecule has 0 aliphatic carbocycles. The summed E-state index contributed by atoms with van der Waals surface area (Å²) < 4.78 is 22.1. The lowest BCUT2D eigenvalue weighted by molar-refractivity contribution is 0.121. The Labute approximate surface area is 83.4 Å². The number of rotatable bonds is 3. The van der Waals surface area contributed by atoms with Crippen LogP contribution in [-0.4, -0.2) is 19.0 Å². The van der Waals surface area contributed by atoms with Crippen molar-refractivity contribution in [3.8, 4) is 0 Å². The van der Waals surface area contributed by atoms with Crippen LogP contribution >= 0.6 is 19.4 Å². The molecule has 0 bridgehead atoms. The first-order valence-corrected chi connectivity index (χ1v) is 6.97. The van der Waals surface area contributed by atoms with Crippen molar-refractivity contribution in [1.29, 1.82) is 0 Å². The molecule has 0 spiro atoms. The zero-order valence-electron chi connectivity index (χ0n) is 8.36. The summed E-state index contributed by atoms with van der Waals surface area (Å²) in [5, 5.41) is 0. The highest BCUT2D eigenvalue weighted by molar-refractivity contribution is 8.02. The van der Waals surface area contributed by atoms with Crippen LogP contribution in [0.15, 0.2) is 10.7 Å². The molecule has 5 heteroatoms. The Kier molecular flexibility index (Phi) is 3.29. The van der Waals surface area contributed by atoms with Gasteiger partial charge in [-0.1, -0.05) is 6.92 Å². The zero-order valence-corrected chi connectivity index (χ0v) is 10.1. The van der Waals surface area contributed by atoms with E-state index in [4.69, 9.17) is 9.05 Å². The van der Waals surface area contributed by atoms with E-state index in [2.05, 4.69) is 0 Å². The molecule has 1 aliphatic heterocycles. The maximum Gasteiger partial charge on any atom is 0.355 e. The summed E-state index contributed by atoms with van der Waals surface area (Å²) in [4.78, 5) is 1.00. The monoisotopic (exact) mass is 222 g/mol. The zero-order chi connectivity index (χ0) is 10.1. The van der Waals surface area contributed by atoms with E-state index in [1.807, 2.05) is 20.1 Å². The molecule has 0 aromatic rings. The summed E-state index contributed by atoms with van der Waals surface area (Å²) in [6.45, 7) is 3.95. The van der Waals surface area contributed by atoms with Crippen LogP contribution in [0, 0.1) is 0 Å². The van der Waals surface area contributed by atoms with E-state index in [-0.39, 0.29) is 0 Å². The Bertz CT molecular complexity index is 277. The fourth-order valence-corrected chi connectivity index (χ4v) is 4.30. The van der Waals surface area contributed by atoms with Crippen LogP contribution < -0.4 is 0 Å².